The molecule has 4 aliphatic rings. The number of hydrogen-bond donors (Lipinski definition) is 0. The molecule has 4 fully saturated rings. The fourth-order valence-corrected chi connectivity index (χ4v) is 7.48. The Morgan fingerprint density at radius 1 is 1.20 bits per heavy atom. The van der Waals surface area contributed by atoms with Crippen LogP contribution >= 0.6 is 11.6 Å². The molecule has 0 spiro atoms. The number of alkyl halides is 1. The summed E-state index contributed by atoms with van der Waals surface area (Å²) < 4.78 is 28.3. The lowest BCUT2D eigenvalue weighted by Gasteiger charge is -2.42. The average Bonchev–Trinajstić information content (AvgIpc) is 3.63. The van der Waals surface area contributed by atoms with E-state index in [1.807, 2.05) is 36.3 Å². The Balaban J connectivity index is 1.24. The lowest BCUT2D eigenvalue weighted by atomic mass is 9.95. The highest BCUT2D eigenvalue weighted by Gasteiger charge is 2.50. The van der Waals surface area contributed by atoms with Gasteiger partial charge in [0.05, 0.1) is 28.2 Å². The fraction of sp³-hybridized carbons (Fsp3) is 0.643. The standard InChI is InChI=1S/C28H35ClFN7O3/c1-27(2,3)40-26(38)37-18-5-6-19(37)15-34(14-18)24-22-21(11-20(29)23-31-8-10-36(22)23)32-25(33-24)39-16-28-7-4-9-35(28)13-17(30)12-28/h8,10-11,17-19H,4-7,9,12-16H2,1-3H3/t17-,18-,19+,28+/m1/s1. The number of piperazine rings is 1. The number of carbonyl (C=O) groups excluding carboxylic acids is 1. The van der Waals surface area contributed by atoms with Gasteiger partial charge in [-0.25, -0.2) is 14.2 Å². The molecule has 4 aliphatic heterocycles. The zero-order valence-electron chi connectivity index (χ0n) is 23.1. The number of carbonyl (C=O) groups is 1. The SMILES string of the molecule is CC(C)(C)OC(=O)N1[C@@H]2CC[C@H]1CN(c1nc(OC[C@@]34CCCN3C[C@H](F)C4)nc3cc(Cl)c4nccn4c13)C2. The first-order valence-electron chi connectivity index (χ1n) is 14.2. The minimum atomic E-state index is -0.831. The summed E-state index contributed by atoms with van der Waals surface area (Å²) in [6, 6.07) is 2.08. The smallest absolute Gasteiger partial charge is 0.410 e. The molecule has 7 rings (SSSR count). The molecule has 0 unspecified atom stereocenters. The highest BCUT2D eigenvalue weighted by Crippen LogP contribution is 2.41. The third-order valence-electron chi connectivity index (χ3n) is 8.85. The van der Waals surface area contributed by atoms with Crippen LogP contribution in [0, 0.1) is 0 Å². The summed E-state index contributed by atoms with van der Waals surface area (Å²) in [6.45, 7) is 8.60. The molecule has 4 saturated heterocycles. The zero-order valence-corrected chi connectivity index (χ0v) is 23.9. The maximum Gasteiger partial charge on any atom is 0.410 e. The van der Waals surface area contributed by atoms with Crippen molar-refractivity contribution in [1.82, 2.24) is 29.2 Å². The summed E-state index contributed by atoms with van der Waals surface area (Å²) in [5.41, 5.74) is 1.21. The van der Waals surface area contributed by atoms with Gasteiger partial charge < -0.3 is 14.4 Å². The van der Waals surface area contributed by atoms with E-state index in [1.165, 1.54) is 0 Å². The molecule has 0 aliphatic carbocycles. The number of fused-ring (bicyclic) bond motifs is 6. The van der Waals surface area contributed by atoms with Crippen LogP contribution in [0.2, 0.25) is 5.02 Å². The van der Waals surface area contributed by atoms with E-state index in [0.29, 0.717) is 48.8 Å². The molecule has 2 bridgehead atoms. The third kappa shape index (κ3) is 4.32. The second-order valence-corrected chi connectivity index (χ2v) is 13.1. The molecule has 12 heteroatoms. The number of aromatic nitrogens is 4. The first-order valence-corrected chi connectivity index (χ1v) is 14.6. The molecule has 214 valence electrons. The molecule has 40 heavy (non-hydrogen) atoms. The van der Waals surface area contributed by atoms with Crippen LogP contribution in [0.15, 0.2) is 18.5 Å². The zero-order chi connectivity index (χ0) is 27.8. The van der Waals surface area contributed by atoms with Crippen LogP contribution in [0.4, 0.5) is 15.0 Å². The highest BCUT2D eigenvalue weighted by molar-refractivity contribution is 6.34. The van der Waals surface area contributed by atoms with Crippen LogP contribution in [-0.2, 0) is 4.74 Å². The molecular weight excluding hydrogens is 537 g/mol. The summed E-state index contributed by atoms with van der Waals surface area (Å²) in [4.78, 5) is 33.6. The van der Waals surface area contributed by atoms with Crippen molar-refractivity contribution in [1.29, 1.82) is 0 Å². The van der Waals surface area contributed by atoms with Crippen molar-refractivity contribution in [2.24, 2.45) is 0 Å². The van der Waals surface area contributed by atoms with Crippen molar-refractivity contribution >= 4 is 40.2 Å². The Labute approximate surface area is 237 Å². The van der Waals surface area contributed by atoms with Gasteiger partial charge in [-0.2, -0.15) is 9.97 Å². The molecule has 3 aromatic heterocycles. The summed E-state index contributed by atoms with van der Waals surface area (Å²) in [7, 11) is 0. The largest absolute Gasteiger partial charge is 0.461 e. The lowest BCUT2D eigenvalue weighted by molar-refractivity contribution is 0.0122. The maximum atomic E-state index is 14.4. The number of nitrogens with zero attached hydrogens (tertiary/aromatic N) is 7. The predicted molar refractivity (Wildman–Crippen MR) is 149 cm³/mol. The Hall–Kier alpha value is -2.92. The van der Waals surface area contributed by atoms with E-state index in [2.05, 4.69) is 14.8 Å². The van der Waals surface area contributed by atoms with Crippen LogP contribution < -0.4 is 9.64 Å². The summed E-state index contributed by atoms with van der Waals surface area (Å²) in [5, 5.41) is 0.486. The van der Waals surface area contributed by atoms with Gasteiger partial charge in [0.2, 0.25) is 0 Å². The first kappa shape index (κ1) is 26.0. The van der Waals surface area contributed by atoms with Gasteiger partial charge in [0.25, 0.3) is 0 Å². The van der Waals surface area contributed by atoms with E-state index in [4.69, 9.17) is 31.0 Å². The molecule has 10 nitrogen and oxygen atoms in total. The van der Waals surface area contributed by atoms with E-state index in [1.54, 1.807) is 12.3 Å². The Morgan fingerprint density at radius 3 is 2.73 bits per heavy atom. The van der Waals surface area contributed by atoms with E-state index in [9.17, 15) is 9.18 Å². The molecule has 7 heterocycles. The van der Waals surface area contributed by atoms with Crippen LogP contribution in [0.1, 0.15) is 52.9 Å². The number of anilines is 1. The Bertz CT molecular complexity index is 1460. The predicted octanol–water partition coefficient (Wildman–Crippen LogP) is 4.47. The Kier molecular flexibility index (Phi) is 6.05. The second-order valence-electron chi connectivity index (χ2n) is 12.7. The van der Waals surface area contributed by atoms with Crippen LogP contribution in [0.5, 0.6) is 6.01 Å². The average molecular weight is 572 g/mol. The van der Waals surface area contributed by atoms with Crippen molar-refractivity contribution in [2.45, 2.75) is 82.3 Å². The van der Waals surface area contributed by atoms with Crippen molar-refractivity contribution in [3.63, 3.8) is 0 Å². The second kappa shape index (κ2) is 9.30. The quantitative estimate of drug-likeness (QED) is 0.453. The summed E-state index contributed by atoms with van der Waals surface area (Å²) in [6.07, 6.45) is 6.71. The normalized spacial score (nSPS) is 28.6. The molecular formula is C28H35ClFN7O3. The number of hydrogen-bond acceptors (Lipinski definition) is 8. The van der Waals surface area contributed by atoms with Crippen LogP contribution in [0.3, 0.4) is 0 Å². The summed E-state index contributed by atoms with van der Waals surface area (Å²) >= 11 is 6.59. The highest BCUT2D eigenvalue weighted by atomic mass is 35.5. The van der Waals surface area contributed by atoms with Crippen molar-refractivity contribution in [3.8, 4) is 6.01 Å². The lowest BCUT2D eigenvalue weighted by Crippen LogP contribution is -2.57. The van der Waals surface area contributed by atoms with Gasteiger partial charge in [0, 0.05) is 38.4 Å². The van der Waals surface area contributed by atoms with Crippen molar-refractivity contribution < 1.29 is 18.7 Å². The van der Waals surface area contributed by atoms with Gasteiger partial charge in [0.1, 0.15) is 23.9 Å². The van der Waals surface area contributed by atoms with E-state index in [-0.39, 0.29) is 29.7 Å². The molecule has 3 aromatic rings. The monoisotopic (exact) mass is 571 g/mol. The molecule has 4 atom stereocenters. The number of amides is 1. The number of rotatable bonds is 4. The molecule has 0 N–H and O–H groups in total. The van der Waals surface area contributed by atoms with Crippen molar-refractivity contribution in [3.05, 3.63) is 23.5 Å². The molecule has 0 aromatic carbocycles. The van der Waals surface area contributed by atoms with Gasteiger partial charge in [0.15, 0.2) is 11.5 Å². The van der Waals surface area contributed by atoms with E-state index >= 15 is 0 Å². The van der Waals surface area contributed by atoms with E-state index in [0.717, 1.165) is 43.6 Å². The van der Waals surface area contributed by atoms with Gasteiger partial charge >= 0.3 is 12.1 Å². The Morgan fingerprint density at radius 2 is 1.98 bits per heavy atom. The fourth-order valence-electron chi connectivity index (χ4n) is 7.24. The van der Waals surface area contributed by atoms with Gasteiger partial charge in [-0.15, -0.1) is 0 Å². The number of imidazole rings is 1. The number of halogens is 2. The maximum absolute atomic E-state index is 14.4. The van der Waals surface area contributed by atoms with Gasteiger partial charge in [-0.1, -0.05) is 11.6 Å². The van der Waals surface area contributed by atoms with Gasteiger partial charge in [-0.3, -0.25) is 14.2 Å². The summed E-state index contributed by atoms with van der Waals surface area (Å²) in [5.74, 6) is 0.718. The topological polar surface area (TPSA) is 88.3 Å². The van der Waals surface area contributed by atoms with Gasteiger partial charge in [-0.05, 0) is 59.1 Å². The third-order valence-corrected chi connectivity index (χ3v) is 9.13. The van der Waals surface area contributed by atoms with Crippen LogP contribution in [-0.4, -0.2) is 97.4 Å². The number of pyridine rings is 1. The minimum absolute atomic E-state index is 0.0134. The first-order chi connectivity index (χ1) is 19.1. The van der Waals surface area contributed by atoms with E-state index < -0.39 is 11.8 Å². The molecule has 1 amide bonds. The van der Waals surface area contributed by atoms with Crippen LogP contribution in [0.25, 0.3) is 16.7 Å². The molecule has 0 saturated carbocycles. The minimum Gasteiger partial charge on any atom is -0.461 e. The molecule has 0 radical (unpaired) electrons. The van der Waals surface area contributed by atoms with Crippen molar-refractivity contribution in [2.75, 3.05) is 37.7 Å². The number of ether oxygens (including phenoxy) is 2.